The average molecular weight is 491 g/mol. The van der Waals surface area contributed by atoms with E-state index in [4.69, 9.17) is 9.73 Å². The highest BCUT2D eigenvalue weighted by molar-refractivity contribution is 14.0. The van der Waals surface area contributed by atoms with Crippen LogP contribution < -0.4 is 10.6 Å². The maximum Gasteiger partial charge on any atom is 0.191 e. The van der Waals surface area contributed by atoms with Crippen molar-refractivity contribution in [1.82, 2.24) is 10.6 Å². The van der Waals surface area contributed by atoms with Gasteiger partial charge in [-0.3, -0.25) is 0 Å². The van der Waals surface area contributed by atoms with Gasteiger partial charge in [-0.2, -0.15) is 11.8 Å². The molecule has 1 fully saturated rings. The van der Waals surface area contributed by atoms with E-state index in [-0.39, 0.29) is 24.0 Å². The van der Waals surface area contributed by atoms with Crippen molar-refractivity contribution in [3.05, 3.63) is 35.4 Å². The predicted molar refractivity (Wildman–Crippen MR) is 125 cm³/mol. The third-order valence-electron chi connectivity index (χ3n) is 4.53. The van der Waals surface area contributed by atoms with Crippen LogP contribution in [0.15, 0.2) is 29.3 Å². The zero-order valence-corrected chi connectivity index (χ0v) is 19.4. The van der Waals surface area contributed by atoms with Gasteiger partial charge < -0.3 is 15.4 Å². The van der Waals surface area contributed by atoms with Crippen LogP contribution >= 0.6 is 35.7 Å². The molecule has 0 radical (unpaired) electrons. The molecule has 0 spiro atoms. The first-order valence-corrected chi connectivity index (χ1v) is 10.8. The van der Waals surface area contributed by atoms with Crippen molar-refractivity contribution in [1.29, 1.82) is 0 Å². The van der Waals surface area contributed by atoms with E-state index < -0.39 is 0 Å². The normalized spacial score (nSPS) is 19.9. The number of aliphatic imine (C=N–C) groups is 1. The van der Waals surface area contributed by atoms with Gasteiger partial charge in [-0.15, -0.1) is 24.0 Å². The summed E-state index contributed by atoms with van der Waals surface area (Å²) in [6.07, 6.45) is 7.03. The average Bonchev–Trinajstić information content (AvgIpc) is 3.09. The van der Waals surface area contributed by atoms with Gasteiger partial charge in [0.1, 0.15) is 0 Å². The van der Waals surface area contributed by atoms with Gasteiger partial charge in [0.25, 0.3) is 0 Å². The zero-order valence-electron chi connectivity index (χ0n) is 16.3. The highest BCUT2D eigenvalue weighted by Gasteiger charge is 2.24. The van der Waals surface area contributed by atoms with Gasteiger partial charge in [-0.1, -0.05) is 31.2 Å². The molecule has 0 amide bonds. The minimum atomic E-state index is 0. The lowest BCUT2D eigenvalue weighted by atomic mass is 10.1. The van der Waals surface area contributed by atoms with Crippen LogP contribution in [0, 0.1) is 0 Å². The summed E-state index contributed by atoms with van der Waals surface area (Å²) < 4.78 is 5.71. The third-order valence-corrected chi connectivity index (χ3v) is 5.63. The zero-order chi connectivity index (χ0) is 17.9. The van der Waals surface area contributed by atoms with Crippen molar-refractivity contribution >= 4 is 41.7 Å². The second kappa shape index (κ2) is 13.7. The fraction of sp³-hybridized carbons (Fsp3) is 0.650. The number of hydrogen-bond donors (Lipinski definition) is 2. The van der Waals surface area contributed by atoms with E-state index in [0.29, 0.717) is 19.2 Å². The Morgan fingerprint density at radius 1 is 1.23 bits per heavy atom. The summed E-state index contributed by atoms with van der Waals surface area (Å²) in [4.78, 5) is 4.82. The lowest BCUT2D eigenvalue weighted by molar-refractivity contribution is 0.121. The Morgan fingerprint density at radius 2 is 2.00 bits per heavy atom. The summed E-state index contributed by atoms with van der Waals surface area (Å²) >= 11 is 1.98. The van der Waals surface area contributed by atoms with Gasteiger partial charge >= 0.3 is 0 Å². The molecule has 1 aromatic carbocycles. The van der Waals surface area contributed by atoms with Gasteiger partial charge in [0.05, 0.1) is 13.2 Å². The summed E-state index contributed by atoms with van der Waals surface area (Å²) in [5.41, 5.74) is 2.48. The lowest BCUT2D eigenvalue weighted by Crippen LogP contribution is -2.42. The van der Waals surface area contributed by atoms with Gasteiger partial charge in [-0.25, -0.2) is 4.99 Å². The van der Waals surface area contributed by atoms with Gasteiger partial charge in [0, 0.05) is 24.4 Å². The summed E-state index contributed by atoms with van der Waals surface area (Å²) in [7, 11) is 0. The quantitative estimate of drug-likeness (QED) is 0.230. The summed E-state index contributed by atoms with van der Waals surface area (Å²) in [6, 6.07) is 8.98. The van der Waals surface area contributed by atoms with Crippen molar-refractivity contribution in [2.45, 2.75) is 64.0 Å². The molecular formula is C20H34IN3OS. The van der Waals surface area contributed by atoms with Crippen LogP contribution in [0.4, 0.5) is 0 Å². The van der Waals surface area contributed by atoms with Crippen molar-refractivity contribution in [3.63, 3.8) is 0 Å². The fourth-order valence-electron chi connectivity index (χ4n) is 3.14. The first-order valence-electron chi connectivity index (χ1n) is 9.49. The molecule has 1 aliphatic carbocycles. The maximum atomic E-state index is 5.71. The van der Waals surface area contributed by atoms with Crippen molar-refractivity contribution < 1.29 is 4.74 Å². The molecule has 2 unspecified atom stereocenters. The number of rotatable bonds is 9. The second-order valence-electron chi connectivity index (χ2n) is 6.53. The number of ether oxygens (including phenoxy) is 1. The fourth-order valence-corrected chi connectivity index (χ4v) is 3.94. The van der Waals surface area contributed by atoms with Gasteiger partial charge in [0.15, 0.2) is 5.96 Å². The standard InChI is InChI=1S/C20H33N3OS.HI/c1-4-12-24-15-17-9-7-6-8-16(17)14-22-20(21-5-2)23-18-10-11-19(13-18)25-3;/h6-9,18-19H,4-5,10-15H2,1-3H3,(H2,21,22,23);1H. The number of guanidine groups is 1. The summed E-state index contributed by atoms with van der Waals surface area (Å²) in [6.45, 7) is 7.28. The molecule has 0 bridgehead atoms. The molecule has 4 nitrogen and oxygen atoms in total. The Hall–Kier alpha value is -0.470. The maximum absolute atomic E-state index is 5.71. The minimum Gasteiger partial charge on any atom is -0.377 e. The lowest BCUT2D eigenvalue weighted by Gasteiger charge is -2.17. The molecule has 26 heavy (non-hydrogen) atoms. The largest absolute Gasteiger partial charge is 0.377 e. The molecule has 0 aliphatic heterocycles. The second-order valence-corrected chi connectivity index (χ2v) is 7.67. The van der Waals surface area contributed by atoms with E-state index in [1.165, 1.54) is 30.4 Å². The Labute approximate surface area is 180 Å². The smallest absolute Gasteiger partial charge is 0.191 e. The van der Waals surface area contributed by atoms with Crippen LogP contribution in [-0.4, -0.2) is 36.7 Å². The number of benzene rings is 1. The number of nitrogens with one attached hydrogen (secondary N) is 2. The highest BCUT2D eigenvalue weighted by Crippen LogP contribution is 2.28. The van der Waals surface area contributed by atoms with E-state index >= 15 is 0 Å². The molecule has 148 valence electrons. The van der Waals surface area contributed by atoms with E-state index in [1.807, 2.05) is 11.8 Å². The molecule has 2 N–H and O–H groups in total. The first kappa shape index (κ1) is 23.6. The molecule has 0 aromatic heterocycles. The van der Waals surface area contributed by atoms with Crippen LogP contribution in [0.25, 0.3) is 0 Å². The van der Waals surface area contributed by atoms with Crippen molar-refractivity contribution in [2.24, 2.45) is 4.99 Å². The van der Waals surface area contributed by atoms with E-state index in [9.17, 15) is 0 Å². The first-order chi connectivity index (χ1) is 12.3. The number of thioether (sulfide) groups is 1. The minimum absolute atomic E-state index is 0. The van der Waals surface area contributed by atoms with Crippen LogP contribution in [0.1, 0.15) is 50.7 Å². The van der Waals surface area contributed by atoms with Crippen LogP contribution in [0.3, 0.4) is 0 Å². The Balaban J connectivity index is 0.00000338. The van der Waals surface area contributed by atoms with Gasteiger partial charge in [0.2, 0.25) is 0 Å². The Bertz CT molecular complexity index is 542. The van der Waals surface area contributed by atoms with E-state index in [2.05, 4.69) is 55.0 Å². The topological polar surface area (TPSA) is 45.6 Å². The highest BCUT2D eigenvalue weighted by atomic mass is 127. The third kappa shape index (κ3) is 8.05. The SMILES string of the molecule is CCCOCc1ccccc1CN=C(NCC)NC1CCC(SC)C1.I. The predicted octanol–water partition coefficient (Wildman–Crippen LogP) is 4.57. The molecule has 2 atom stereocenters. The molecular weight excluding hydrogens is 457 g/mol. The van der Waals surface area contributed by atoms with Crippen LogP contribution in [-0.2, 0) is 17.9 Å². The van der Waals surface area contributed by atoms with Crippen molar-refractivity contribution in [3.8, 4) is 0 Å². The number of hydrogen-bond acceptors (Lipinski definition) is 3. The number of nitrogens with zero attached hydrogens (tertiary/aromatic N) is 1. The van der Waals surface area contributed by atoms with Crippen molar-refractivity contribution in [2.75, 3.05) is 19.4 Å². The van der Waals surface area contributed by atoms with E-state index in [1.54, 1.807) is 0 Å². The van der Waals surface area contributed by atoms with Crippen LogP contribution in [0.2, 0.25) is 0 Å². The van der Waals surface area contributed by atoms with Crippen LogP contribution in [0.5, 0.6) is 0 Å². The molecule has 6 heteroatoms. The molecule has 1 aromatic rings. The molecule has 2 rings (SSSR count). The van der Waals surface area contributed by atoms with E-state index in [0.717, 1.165) is 30.8 Å². The molecule has 1 saturated carbocycles. The monoisotopic (exact) mass is 491 g/mol. The summed E-state index contributed by atoms with van der Waals surface area (Å²) in [5, 5.41) is 7.79. The molecule has 0 heterocycles. The number of halogens is 1. The van der Waals surface area contributed by atoms with Gasteiger partial charge in [-0.05, 0) is 50.0 Å². The molecule has 0 saturated heterocycles. The summed E-state index contributed by atoms with van der Waals surface area (Å²) in [5.74, 6) is 0.929. The Kier molecular flexibility index (Phi) is 12.4. The molecule has 1 aliphatic rings. The Morgan fingerprint density at radius 3 is 2.65 bits per heavy atom.